The summed E-state index contributed by atoms with van der Waals surface area (Å²) >= 11 is 1.54. The predicted octanol–water partition coefficient (Wildman–Crippen LogP) is 2.76. The number of halogens is 3. The van der Waals surface area contributed by atoms with Crippen LogP contribution in [0, 0.1) is 0 Å². The van der Waals surface area contributed by atoms with E-state index in [0.29, 0.717) is 0 Å². The van der Waals surface area contributed by atoms with Crippen LogP contribution in [-0.4, -0.2) is 36.8 Å². The number of nitrogens with zero attached hydrogens (tertiary/aromatic N) is 1. The van der Waals surface area contributed by atoms with Gasteiger partial charge in [0.05, 0.1) is 5.56 Å². The van der Waals surface area contributed by atoms with Crippen molar-refractivity contribution in [1.29, 1.82) is 0 Å². The average Bonchev–Trinajstić information content (AvgIpc) is 2.81. The second-order valence-electron chi connectivity index (χ2n) is 4.86. The summed E-state index contributed by atoms with van der Waals surface area (Å²) in [5.74, 6) is 0.858. The van der Waals surface area contributed by atoms with Crippen LogP contribution in [0.15, 0.2) is 23.1 Å². The van der Waals surface area contributed by atoms with Gasteiger partial charge >= 0.3 is 6.18 Å². The molecule has 1 aromatic rings. The molecule has 19 heavy (non-hydrogen) atoms. The van der Waals surface area contributed by atoms with Gasteiger partial charge in [0, 0.05) is 42.9 Å². The lowest BCUT2D eigenvalue weighted by atomic mass is 10.0. The van der Waals surface area contributed by atoms with Crippen molar-refractivity contribution < 1.29 is 13.2 Å². The molecule has 2 heterocycles. The molecule has 1 fully saturated rings. The van der Waals surface area contributed by atoms with E-state index in [-0.39, 0.29) is 6.04 Å². The van der Waals surface area contributed by atoms with Crippen molar-refractivity contribution in [2.75, 3.05) is 31.9 Å². The first-order chi connectivity index (χ1) is 9.05. The van der Waals surface area contributed by atoms with Gasteiger partial charge in [-0.25, -0.2) is 0 Å². The van der Waals surface area contributed by atoms with E-state index >= 15 is 0 Å². The second kappa shape index (κ2) is 5.00. The van der Waals surface area contributed by atoms with Gasteiger partial charge in [-0.05, 0) is 17.7 Å². The minimum Gasteiger partial charge on any atom is -0.314 e. The number of nitrogens with one attached hydrogen (secondary N) is 1. The van der Waals surface area contributed by atoms with Gasteiger partial charge in [-0.2, -0.15) is 13.2 Å². The molecule has 0 aliphatic carbocycles. The van der Waals surface area contributed by atoms with Crippen molar-refractivity contribution in [3.05, 3.63) is 29.3 Å². The molecular formula is C13H15F3N2S. The first-order valence-corrected chi connectivity index (χ1v) is 7.33. The van der Waals surface area contributed by atoms with Crippen LogP contribution in [0.3, 0.4) is 0 Å². The zero-order chi connectivity index (χ0) is 13.5. The highest BCUT2D eigenvalue weighted by Gasteiger charge is 2.34. The minimum atomic E-state index is -4.25. The van der Waals surface area contributed by atoms with Crippen LogP contribution >= 0.6 is 11.8 Å². The van der Waals surface area contributed by atoms with Crippen molar-refractivity contribution in [2.24, 2.45) is 0 Å². The van der Waals surface area contributed by atoms with Crippen molar-refractivity contribution in [2.45, 2.75) is 17.1 Å². The second-order valence-corrected chi connectivity index (χ2v) is 5.92. The summed E-state index contributed by atoms with van der Waals surface area (Å²) in [7, 11) is 0. The molecule has 1 saturated heterocycles. The van der Waals surface area contributed by atoms with E-state index in [2.05, 4.69) is 10.2 Å². The van der Waals surface area contributed by atoms with Gasteiger partial charge in [-0.3, -0.25) is 4.90 Å². The first-order valence-electron chi connectivity index (χ1n) is 6.34. The maximum atomic E-state index is 12.7. The predicted molar refractivity (Wildman–Crippen MR) is 69.4 cm³/mol. The van der Waals surface area contributed by atoms with E-state index in [1.54, 1.807) is 6.07 Å². The number of alkyl halides is 3. The van der Waals surface area contributed by atoms with Crippen LogP contribution in [0.4, 0.5) is 13.2 Å². The number of piperazine rings is 1. The minimum absolute atomic E-state index is 0.268. The average molecular weight is 288 g/mol. The maximum absolute atomic E-state index is 12.7. The van der Waals surface area contributed by atoms with Crippen molar-refractivity contribution in [3.8, 4) is 0 Å². The smallest absolute Gasteiger partial charge is 0.314 e. The highest BCUT2D eigenvalue weighted by molar-refractivity contribution is 7.99. The van der Waals surface area contributed by atoms with Gasteiger partial charge in [-0.15, -0.1) is 11.8 Å². The lowest BCUT2D eigenvalue weighted by molar-refractivity contribution is -0.137. The van der Waals surface area contributed by atoms with Crippen molar-refractivity contribution >= 4 is 11.8 Å². The third-order valence-corrected chi connectivity index (χ3v) is 4.84. The molecule has 0 saturated carbocycles. The quantitative estimate of drug-likeness (QED) is 0.855. The third-order valence-electron chi connectivity index (χ3n) is 3.69. The van der Waals surface area contributed by atoms with Gasteiger partial charge in [0.15, 0.2) is 0 Å². The van der Waals surface area contributed by atoms with Crippen molar-refractivity contribution in [1.82, 2.24) is 10.2 Å². The molecular weight excluding hydrogens is 273 g/mol. The number of rotatable bonds is 1. The summed E-state index contributed by atoms with van der Waals surface area (Å²) in [6, 6.07) is 4.43. The Hall–Kier alpha value is -0.720. The number of benzene rings is 1. The highest BCUT2D eigenvalue weighted by atomic mass is 32.2. The fraction of sp³-hybridized carbons (Fsp3) is 0.538. The van der Waals surface area contributed by atoms with Crippen LogP contribution in [0.25, 0.3) is 0 Å². The van der Waals surface area contributed by atoms with Gasteiger partial charge in [0.1, 0.15) is 0 Å². The molecule has 1 aromatic carbocycles. The fourth-order valence-electron chi connectivity index (χ4n) is 2.67. The lowest BCUT2D eigenvalue weighted by Crippen LogP contribution is -2.45. The Balaban J connectivity index is 1.85. The molecule has 1 atom stereocenters. The van der Waals surface area contributed by atoms with Crippen LogP contribution in [0.1, 0.15) is 17.2 Å². The molecule has 1 N–H and O–H groups in total. The monoisotopic (exact) mass is 288 g/mol. The summed E-state index contributed by atoms with van der Waals surface area (Å²) in [6.45, 7) is 3.84. The van der Waals surface area contributed by atoms with Crippen LogP contribution in [0.2, 0.25) is 0 Å². The normalized spacial score (nSPS) is 24.5. The summed E-state index contributed by atoms with van der Waals surface area (Å²) in [5.41, 5.74) is 0.514. The Morgan fingerprint density at radius 1 is 1.21 bits per heavy atom. The Labute approximate surface area is 114 Å². The van der Waals surface area contributed by atoms with E-state index in [1.165, 1.54) is 23.9 Å². The van der Waals surface area contributed by atoms with E-state index in [4.69, 9.17) is 0 Å². The van der Waals surface area contributed by atoms with E-state index in [0.717, 1.165) is 42.4 Å². The molecule has 2 aliphatic rings. The first kappa shape index (κ1) is 13.3. The van der Waals surface area contributed by atoms with Gasteiger partial charge < -0.3 is 5.32 Å². The van der Waals surface area contributed by atoms with Crippen LogP contribution in [-0.2, 0) is 6.18 Å². The number of fused-ring (bicyclic) bond motifs is 1. The number of hydrogen-bond donors (Lipinski definition) is 1. The van der Waals surface area contributed by atoms with Crippen molar-refractivity contribution in [3.63, 3.8) is 0 Å². The number of thioether (sulfide) groups is 1. The zero-order valence-electron chi connectivity index (χ0n) is 10.3. The van der Waals surface area contributed by atoms with Gasteiger partial charge in [0.2, 0.25) is 0 Å². The molecule has 104 valence electrons. The molecule has 0 bridgehead atoms. The fourth-order valence-corrected chi connectivity index (χ4v) is 3.97. The Bertz CT molecular complexity index is 469. The standard InChI is InChI=1S/C13H15F3N2S/c14-13(15,16)9-1-2-10-11(8-19-12(10)7-9)18-5-3-17-4-6-18/h1-2,7,11,17H,3-6,8H2. The van der Waals surface area contributed by atoms with Gasteiger partial charge in [0.25, 0.3) is 0 Å². The molecule has 0 spiro atoms. The lowest BCUT2D eigenvalue weighted by Gasteiger charge is -2.32. The summed E-state index contributed by atoms with van der Waals surface area (Å²) in [5, 5.41) is 3.29. The Morgan fingerprint density at radius 2 is 1.95 bits per heavy atom. The Kier molecular flexibility index (Phi) is 3.49. The van der Waals surface area contributed by atoms with Crippen LogP contribution in [0.5, 0.6) is 0 Å². The van der Waals surface area contributed by atoms with E-state index < -0.39 is 11.7 Å². The summed E-state index contributed by atoms with van der Waals surface area (Å²) in [4.78, 5) is 3.15. The summed E-state index contributed by atoms with van der Waals surface area (Å²) in [6.07, 6.45) is -4.25. The Morgan fingerprint density at radius 3 is 2.63 bits per heavy atom. The summed E-state index contributed by atoms with van der Waals surface area (Å²) < 4.78 is 38.0. The molecule has 0 amide bonds. The molecule has 0 aromatic heterocycles. The largest absolute Gasteiger partial charge is 0.416 e. The highest BCUT2D eigenvalue weighted by Crippen LogP contribution is 2.43. The van der Waals surface area contributed by atoms with Gasteiger partial charge in [-0.1, -0.05) is 6.07 Å². The maximum Gasteiger partial charge on any atom is 0.416 e. The van der Waals surface area contributed by atoms with E-state index in [1.807, 2.05) is 0 Å². The molecule has 6 heteroatoms. The van der Waals surface area contributed by atoms with Crippen LogP contribution < -0.4 is 5.32 Å². The molecule has 3 rings (SSSR count). The molecule has 2 aliphatic heterocycles. The SMILES string of the molecule is FC(F)(F)c1ccc2c(c1)SCC2N1CCNCC1. The molecule has 1 unspecified atom stereocenters. The molecule has 2 nitrogen and oxygen atoms in total. The zero-order valence-corrected chi connectivity index (χ0v) is 11.2. The van der Waals surface area contributed by atoms with E-state index in [9.17, 15) is 13.2 Å². The topological polar surface area (TPSA) is 15.3 Å². The third kappa shape index (κ3) is 2.61. The number of hydrogen-bond acceptors (Lipinski definition) is 3. The molecule has 0 radical (unpaired) electrons.